The number of rotatable bonds is 1. The zero-order valence-electron chi connectivity index (χ0n) is 18.9. The summed E-state index contributed by atoms with van der Waals surface area (Å²) < 4.78 is 20.4. The first-order valence-corrected chi connectivity index (χ1v) is 11.0. The summed E-state index contributed by atoms with van der Waals surface area (Å²) in [5.41, 5.74) is 23.3. The molecule has 1 saturated carbocycles. The number of nitrogen functional groups attached to an aromatic ring is 1. The van der Waals surface area contributed by atoms with Gasteiger partial charge in [-0.2, -0.15) is 0 Å². The zero-order valence-corrected chi connectivity index (χ0v) is 18.9. The van der Waals surface area contributed by atoms with Gasteiger partial charge in [-0.25, -0.2) is 9.37 Å². The van der Waals surface area contributed by atoms with Crippen molar-refractivity contribution in [1.29, 1.82) is 0 Å². The minimum atomic E-state index is -0.526. The Hall–Kier alpha value is -3.68. The second-order valence-electron chi connectivity index (χ2n) is 8.29. The molecular formula is C25H29FN6O. The van der Waals surface area contributed by atoms with Crippen molar-refractivity contribution < 1.29 is 9.13 Å². The van der Waals surface area contributed by atoms with Crippen molar-refractivity contribution in [3.63, 3.8) is 0 Å². The minimum Gasteiger partial charge on any atom is -0.482 e. The molecule has 2 bridgehead atoms. The maximum absolute atomic E-state index is 14.2. The highest BCUT2D eigenvalue weighted by molar-refractivity contribution is 6.17. The van der Waals surface area contributed by atoms with Crippen LogP contribution in [0.15, 0.2) is 64.0 Å². The van der Waals surface area contributed by atoms with Crippen LogP contribution in [0.2, 0.25) is 0 Å². The topological polar surface area (TPSA) is 125 Å². The molecule has 6 N–H and O–H groups in total. The van der Waals surface area contributed by atoms with Gasteiger partial charge in [-0.05, 0) is 74.0 Å². The number of hydrogen-bond donors (Lipinski definition) is 3. The van der Waals surface area contributed by atoms with Gasteiger partial charge in [-0.15, -0.1) is 0 Å². The van der Waals surface area contributed by atoms with Gasteiger partial charge in [0, 0.05) is 36.4 Å². The van der Waals surface area contributed by atoms with E-state index < -0.39 is 6.10 Å². The van der Waals surface area contributed by atoms with Gasteiger partial charge in [0.15, 0.2) is 11.6 Å². The number of halogens is 1. The second-order valence-corrected chi connectivity index (χ2v) is 8.29. The number of aromatic nitrogens is 1. The molecule has 172 valence electrons. The standard InChI is InChI=1S/C25H29FN6O/c1-14-21-10-18(26)6-7-20(21)24(30-2)16(12-28)8-15(11-27)23(32-19-4-3-5-19)17-9-22(33-14)25(29)31-13-17/h6-7,9-14,19H,3-5,8,27-28H2,1-2H3,(H2,29,31)/t14-/m1/s1. The zero-order chi connectivity index (χ0) is 23.5. The summed E-state index contributed by atoms with van der Waals surface area (Å²) in [6.07, 6.45) is 7.83. The van der Waals surface area contributed by atoms with Gasteiger partial charge in [0.05, 0.1) is 17.5 Å². The molecule has 0 unspecified atom stereocenters. The number of fused-ring (bicyclic) bond motifs is 3. The van der Waals surface area contributed by atoms with Gasteiger partial charge in [-0.1, -0.05) is 0 Å². The van der Waals surface area contributed by atoms with Gasteiger partial charge >= 0.3 is 0 Å². The van der Waals surface area contributed by atoms with Crippen LogP contribution >= 0.6 is 0 Å². The van der Waals surface area contributed by atoms with Crippen LogP contribution < -0.4 is 21.9 Å². The van der Waals surface area contributed by atoms with Crippen LogP contribution in [0.3, 0.4) is 0 Å². The van der Waals surface area contributed by atoms with Crippen LogP contribution in [0.5, 0.6) is 5.75 Å². The predicted molar refractivity (Wildman–Crippen MR) is 130 cm³/mol. The van der Waals surface area contributed by atoms with Crippen LogP contribution in [0.1, 0.15) is 55.4 Å². The Bertz CT molecular complexity index is 1180. The maximum Gasteiger partial charge on any atom is 0.166 e. The SMILES string of the molecule is CN=C1C(=CN)CC(=CN)C(=NC2CCC2)c2cnc(N)c(c2)O[C@H](C)c2cc(F)ccc21. The summed E-state index contributed by atoms with van der Waals surface area (Å²) >= 11 is 0. The average Bonchev–Trinajstić information content (AvgIpc) is 2.78. The largest absolute Gasteiger partial charge is 0.482 e. The molecule has 1 aromatic heterocycles. The van der Waals surface area contributed by atoms with E-state index in [9.17, 15) is 4.39 Å². The summed E-state index contributed by atoms with van der Waals surface area (Å²) in [5.74, 6) is 0.272. The fourth-order valence-electron chi connectivity index (χ4n) is 4.15. The first kappa shape index (κ1) is 22.5. The summed E-state index contributed by atoms with van der Waals surface area (Å²) in [6, 6.07) is 6.59. The lowest BCUT2D eigenvalue weighted by atomic mass is 9.88. The normalized spacial score (nSPS) is 24.2. The molecule has 1 aromatic carbocycles. The van der Waals surface area contributed by atoms with Crippen LogP contribution in [-0.4, -0.2) is 29.5 Å². The minimum absolute atomic E-state index is 0.233. The number of hydrogen-bond acceptors (Lipinski definition) is 7. The molecular weight excluding hydrogens is 419 g/mol. The lowest BCUT2D eigenvalue weighted by molar-refractivity contribution is 0.227. The summed E-state index contributed by atoms with van der Waals surface area (Å²) in [4.78, 5) is 13.8. The maximum atomic E-state index is 14.2. The molecule has 33 heavy (non-hydrogen) atoms. The van der Waals surface area contributed by atoms with E-state index in [4.69, 9.17) is 26.9 Å². The van der Waals surface area contributed by atoms with Crippen LogP contribution in [0.4, 0.5) is 10.2 Å². The molecule has 2 aliphatic rings. The lowest BCUT2D eigenvalue weighted by Crippen LogP contribution is -2.22. The van der Waals surface area contributed by atoms with E-state index in [0.717, 1.165) is 47.2 Å². The first-order valence-electron chi connectivity index (χ1n) is 11.0. The van der Waals surface area contributed by atoms with Gasteiger partial charge in [0.2, 0.25) is 0 Å². The molecule has 1 atom stereocenters. The first-order chi connectivity index (χ1) is 15.9. The molecule has 0 spiro atoms. The number of nitrogens with two attached hydrogens (primary N) is 3. The van der Waals surface area contributed by atoms with Gasteiger partial charge in [0.25, 0.3) is 0 Å². The van der Waals surface area contributed by atoms with E-state index in [-0.39, 0.29) is 17.7 Å². The molecule has 0 amide bonds. The van der Waals surface area contributed by atoms with Crippen molar-refractivity contribution in [2.75, 3.05) is 12.8 Å². The molecule has 1 fully saturated rings. The molecule has 1 aliphatic carbocycles. The van der Waals surface area contributed by atoms with Crippen molar-refractivity contribution >= 4 is 17.2 Å². The Balaban J connectivity index is 1.95. The molecule has 4 rings (SSSR count). The van der Waals surface area contributed by atoms with Crippen molar-refractivity contribution in [2.45, 2.75) is 44.8 Å². The van der Waals surface area contributed by atoms with Gasteiger partial charge < -0.3 is 21.9 Å². The molecule has 0 radical (unpaired) electrons. The van der Waals surface area contributed by atoms with Crippen molar-refractivity contribution in [2.24, 2.45) is 21.5 Å². The van der Waals surface area contributed by atoms with Crippen molar-refractivity contribution in [1.82, 2.24) is 4.98 Å². The Kier molecular flexibility index (Phi) is 6.44. The van der Waals surface area contributed by atoms with Crippen LogP contribution in [-0.2, 0) is 0 Å². The van der Waals surface area contributed by atoms with E-state index in [1.165, 1.54) is 18.3 Å². The van der Waals surface area contributed by atoms with Crippen molar-refractivity contribution in [3.05, 3.63) is 76.5 Å². The fraction of sp³-hybridized carbons (Fsp3) is 0.320. The Morgan fingerprint density at radius 3 is 2.48 bits per heavy atom. The van der Waals surface area contributed by atoms with E-state index in [0.29, 0.717) is 23.4 Å². The van der Waals surface area contributed by atoms with E-state index in [1.807, 2.05) is 13.0 Å². The highest BCUT2D eigenvalue weighted by Crippen LogP contribution is 2.34. The average molecular weight is 449 g/mol. The van der Waals surface area contributed by atoms with Gasteiger partial charge in [0.1, 0.15) is 11.9 Å². The molecule has 7 nitrogen and oxygen atoms in total. The summed E-state index contributed by atoms with van der Waals surface area (Å²) in [6.45, 7) is 1.84. The van der Waals surface area contributed by atoms with E-state index in [1.54, 1.807) is 25.5 Å². The highest BCUT2D eigenvalue weighted by Gasteiger charge is 2.25. The molecule has 2 aromatic rings. The fourth-order valence-corrected chi connectivity index (χ4v) is 4.15. The lowest BCUT2D eigenvalue weighted by Gasteiger charge is -2.26. The number of nitrogens with zero attached hydrogens (tertiary/aromatic N) is 3. The second kappa shape index (κ2) is 9.44. The molecule has 8 heteroatoms. The summed E-state index contributed by atoms with van der Waals surface area (Å²) in [7, 11) is 1.68. The molecule has 2 heterocycles. The van der Waals surface area contributed by atoms with Gasteiger partial charge in [-0.3, -0.25) is 9.98 Å². The predicted octanol–water partition coefficient (Wildman–Crippen LogP) is 3.79. The number of ether oxygens (including phenoxy) is 1. The monoisotopic (exact) mass is 448 g/mol. The third-order valence-corrected chi connectivity index (χ3v) is 6.17. The smallest absolute Gasteiger partial charge is 0.166 e. The van der Waals surface area contributed by atoms with Crippen molar-refractivity contribution in [3.8, 4) is 5.75 Å². The van der Waals surface area contributed by atoms with E-state index >= 15 is 0 Å². The Morgan fingerprint density at radius 2 is 1.85 bits per heavy atom. The Morgan fingerprint density at radius 1 is 1.12 bits per heavy atom. The Labute approximate surface area is 193 Å². The number of benzene rings is 1. The quantitative estimate of drug-likeness (QED) is 0.612. The van der Waals surface area contributed by atoms with Crippen LogP contribution in [0, 0.1) is 5.82 Å². The molecule has 1 aliphatic heterocycles. The third kappa shape index (κ3) is 4.46. The number of allylic oxidation sites excluding steroid dienone is 2. The molecule has 0 saturated heterocycles. The number of aliphatic imine (C=N–C) groups is 2. The highest BCUT2D eigenvalue weighted by atomic mass is 19.1. The number of anilines is 1. The van der Waals surface area contributed by atoms with E-state index in [2.05, 4.69) is 9.98 Å². The summed E-state index contributed by atoms with van der Waals surface area (Å²) in [5, 5.41) is 0. The number of pyridine rings is 1. The third-order valence-electron chi connectivity index (χ3n) is 6.17. The van der Waals surface area contributed by atoms with Crippen LogP contribution in [0.25, 0.3) is 0 Å².